The lowest BCUT2D eigenvalue weighted by molar-refractivity contribution is -0.136. The summed E-state index contributed by atoms with van der Waals surface area (Å²) in [6.45, 7) is 4.73. The first-order chi connectivity index (χ1) is 12.8. The van der Waals surface area contributed by atoms with Crippen LogP contribution in [0, 0.1) is 19.7 Å². The zero-order valence-corrected chi connectivity index (χ0v) is 15.3. The Morgan fingerprint density at radius 3 is 2.41 bits per heavy atom. The molecular weight excluding hydrogens is 353 g/mol. The minimum Gasteiger partial charge on any atom is -0.462 e. The van der Waals surface area contributed by atoms with Gasteiger partial charge in [0.05, 0.1) is 17.9 Å². The SMILES string of the molecule is CCOC(=O)c1c(C)[nH]c(C(=O)COC(=O)/C=C/c2ccc(F)cc2)c1C. The lowest BCUT2D eigenvalue weighted by Gasteiger charge is -2.03. The Balaban J connectivity index is 1.99. The van der Waals surface area contributed by atoms with Gasteiger partial charge in [0.1, 0.15) is 5.82 Å². The molecule has 7 heteroatoms. The molecule has 0 aliphatic rings. The summed E-state index contributed by atoms with van der Waals surface area (Å²) in [6.07, 6.45) is 2.60. The van der Waals surface area contributed by atoms with Gasteiger partial charge in [0.2, 0.25) is 5.78 Å². The molecule has 0 radical (unpaired) electrons. The Morgan fingerprint density at radius 2 is 1.78 bits per heavy atom. The molecule has 0 atom stereocenters. The molecule has 2 aromatic rings. The van der Waals surface area contributed by atoms with E-state index in [2.05, 4.69) is 4.98 Å². The van der Waals surface area contributed by atoms with Crippen LogP contribution in [0.4, 0.5) is 4.39 Å². The normalized spacial score (nSPS) is 10.8. The third kappa shape index (κ3) is 5.13. The highest BCUT2D eigenvalue weighted by Gasteiger charge is 2.23. The summed E-state index contributed by atoms with van der Waals surface area (Å²) < 4.78 is 22.7. The van der Waals surface area contributed by atoms with Crippen LogP contribution in [-0.2, 0) is 14.3 Å². The second kappa shape index (κ2) is 8.93. The molecule has 0 spiro atoms. The molecular formula is C20H20FNO5. The fourth-order valence-corrected chi connectivity index (χ4v) is 2.53. The first kappa shape index (κ1) is 20.1. The van der Waals surface area contributed by atoms with E-state index in [1.165, 1.54) is 30.3 Å². The maximum atomic E-state index is 12.8. The lowest BCUT2D eigenvalue weighted by atomic mass is 10.1. The van der Waals surface area contributed by atoms with Crippen LogP contribution in [0.15, 0.2) is 30.3 Å². The molecule has 0 aliphatic carbocycles. The predicted molar refractivity (Wildman–Crippen MR) is 96.9 cm³/mol. The first-order valence-corrected chi connectivity index (χ1v) is 8.33. The number of aromatic nitrogens is 1. The number of Topliss-reactive ketones (excluding diaryl/α,β-unsaturated/α-hetero) is 1. The minimum atomic E-state index is -0.709. The number of esters is 2. The van der Waals surface area contributed by atoms with Gasteiger partial charge in [-0.2, -0.15) is 0 Å². The van der Waals surface area contributed by atoms with Gasteiger partial charge in [-0.05, 0) is 50.1 Å². The lowest BCUT2D eigenvalue weighted by Crippen LogP contribution is -2.14. The molecule has 0 fully saturated rings. The number of carbonyl (C=O) groups is 3. The number of H-pyrrole nitrogens is 1. The Labute approximate surface area is 156 Å². The highest BCUT2D eigenvalue weighted by molar-refractivity contribution is 6.03. The van der Waals surface area contributed by atoms with Crippen LogP contribution in [-0.4, -0.2) is 35.9 Å². The maximum absolute atomic E-state index is 12.8. The van der Waals surface area contributed by atoms with Crippen molar-refractivity contribution in [2.24, 2.45) is 0 Å². The zero-order chi connectivity index (χ0) is 20.0. The predicted octanol–water partition coefficient (Wildman–Crippen LogP) is 3.39. The van der Waals surface area contributed by atoms with E-state index in [1.54, 1.807) is 20.8 Å². The van der Waals surface area contributed by atoms with Gasteiger partial charge < -0.3 is 14.5 Å². The molecule has 0 saturated heterocycles. The molecule has 2 rings (SSSR count). The quantitative estimate of drug-likeness (QED) is 0.457. The largest absolute Gasteiger partial charge is 0.462 e. The van der Waals surface area contributed by atoms with Crippen molar-refractivity contribution < 1.29 is 28.2 Å². The number of hydrogen-bond donors (Lipinski definition) is 1. The van der Waals surface area contributed by atoms with Crippen molar-refractivity contribution in [1.29, 1.82) is 0 Å². The Kier molecular flexibility index (Phi) is 6.65. The number of halogens is 1. The molecule has 0 saturated carbocycles. The molecule has 0 bridgehead atoms. The highest BCUT2D eigenvalue weighted by Crippen LogP contribution is 2.19. The number of hydrogen-bond acceptors (Lipinski definition) is 5. The Hall–Kier alpha value is -3.22. The minimum absolute atomic E-state index is 0.200. The topological polar surface area (TPSA) is 85.5 Å². The molecule has 1 aromatic heterocycles. The van der Waals surface area contributed by atoms with Crippen LogP contribution in [0.25, 0.3) is 6.08 Å². The zero-order valence-electron chi connectivity index (χ0n) is 15.3. The maximum Gasteiger partial charge on any atom is 0.340 e. The van der Waals surface area contributed by atoms with Crippen molar-refractivity contribution in [3.05, 3.63) is 64.2 Å². The fraction of sp³-hybridized carbons (Fsp3) is 0.250. The summed E-state index contributed by atoms with van der Waals surface area (Å²) in [7, 11) is 0. The van der Waals surface area contributed by atoms with Gasteiger partial charge in [-0.3, -0.25) is 4.79 Å². The number of ketones is 1. The number of nitrogens with one attached hydrogen (secondary N) is 1. The summed E-state index contributed by atoms with van der Waals surface area (Å²) in [4.78, 5) is 38.9. The number of carbonyl (C=O) groups excluding carboxylic acids is 3. The number of aromatic amines is 1. The van der Waals surface area contributed by atoms with Gasteiger partial charge >= 0.3 is 11.9 Å². The van der Waals surface area contributed by atoms with Crippen molar-refractivity contribution in [2.45, 2.75) is 20.8 Å². The monoisotopic (exact) mass is 373 g/mol. The van der Waals surface area contributed by atoms with E-state index in [9.17, 15) is 18.8 Å². The summed E-state index contributed by atoms with van der Waals surface area (Å²) in [5, 5.41) is 0. The number of benzene rings is 1. The van der Waals surface area contributed by atoms with Crippen LogP contribution < -0.4 is 0 Å². The molecule has 27 heavy (non-hydrogen) atoms. The second-order valence-corrected chi connectivity index (χ2v) is 5.76. The van der Waals surface area contributed by atoms with E-state index in [-0.39, 0.29) is 18.1 Å². The van der Waals surface area contributed by atoms with E-state index in [0.717, 1.165) is 6.08 Å². The van der Waals surface area contributed by atoms with Crippen LogP contribution in [0.2, 0.25) is 0 Å². The Bertz CT molecular complexity index is 881. The molecule has 0 unspecified atom stereocenters. The average molecular weight is 373 g/mol. The summed E-state index contributed by atoms with van der Waals surface area (Å²) in [5.41, 5.74) is 2.09. The summed E-state index contributed by atoms with van der Waals surface area (Å²) in [6, 6.07) is 5.55. The van der Waals surface area contributed by atoms with E-state index >= 15 is 0 Å². The Morgan fingerprint density at radius 1 is 1.11 bits per heavy atom. The number of rotatable bonds is 7. The van der Waals surface area contributed by atoms with E-state index < -0.39 is 24.3 Å². The third-order valence-corrected chi connectivity index (χ3v) is 3.82. The van der Waals surface area contributed by atoms with Crippen LogP contribution in [0.5, 0.6) is 0 Å². The average Bonchev–Trinajstić information content (AvgIpc) is 2.93. The van der Waals surface area contributed by atoms with Crippen molar-refractivity contribution >= 4 is 23.8 Å². The first-order valence-electron chi connectivity index (χ1n) is 8.33. The molecule has 0 amide bonds. The van der Waals surface area contributed by atoms with Crippen LogP contribution in [0.1, 0.15) is 44.6 Å². The van der Waals surface area contributed by atoms with Gasteiger partial charge in [0, 0.05) is 11.8 Å². The van der Waals surface area contributed by atoms with Crippen LogP contribution >= 0.6 is 0 Å². The summed E-state index contributed by atoms with van der Waals surface area (Å²) in [5.74, 6) is -2.06. The summed E-state index contributed by atoms with van der Waals surface area (Å²) >= 11 is 0. The van der Waals surface area contributed by atoms with E-state index in [0.29, 0.717) is 22.4 Å². The fourth-order valence-electron chi connectivity index (χ4n) is 2.53. The smallest absolute Gasteiger partial charge is 0.340 e. The standard InChI is InChI=1S/C20H20FNO5/c1-4-26-20(25)18-12(2)19(22-13(18)3)16(23)11-27-17(24)10-7-14-5-8-15(21)9-6-14/h5-10,22H,4,11H2,1-3H3/b10-7+. The van der Waals surface area contributed by atoms with Gasteiger partial charge in [-0.25, -0.2) is 14.0 Å². The van der Waals surface area contributed by atoms with Gasteiger partial charge in [0.15, 0.2) is 6.61 Å². The van der Waals surface area contributed by atoms with Gasteiger partial charge in [-0.1, -0.05) is 12.1 Å². The second-order valence-electron chi connectivity index (χ2n) is 5.76. The van der Waals surface area contributed by atoms with Crippen molar-refractivity contribution in [2.75, 3.05) is 13.2 Å². The molecule has 1 aromatic carbocycles. The van der Waals surface area contributed by atoms with Crippen molar-refractivity contribution in [3.63, 3.8) is 0 Å². The molecule has 0 aliphatic heterocycles. The number of aryl methyl sites for hydroxylation is 1. The van der Waals surface area contributed by atoms with E-state index in [1.807, 2.05) is 0 Å². The van der Waals surface area contributed by atoms with Crippen LogP contribution in [0.3, 0.4) is 0 Å². The molecule has 1 N–H and O–H groups in total. The van der Waals surface area contributed by atoms with Gasteiger partial charge in [0.25, 0.3) is 0 Å². The molecule has 1 heterocycles. The van der Waals surface area contributed by atoms with Crippen molar-refractivity contribution in [1.82, 2.24) is 4.98 Å². The van der Waals surface area contributed by atoms with Crippen molar-refractivity contribution in [3.8, 4) is 0 Å². The third-order valence-electron chi connectivity index (χ3n) is 3.82. The van der Waals surface area contributed by atoms with Gasteiger partial charge in [-0.15, -0.1) is 0 Å². The highest BCUT2D eigenvalue weighted by atomic mass is 19.1. The molecule has 6 nitrogen and oxygen atoms in total. The van der Waals surface area contributed by atoms with E-state index in [4.69, 9.17) is 9.47 Å². The number of ether oxygens (including phenoxy) is 2. The molecule has 142 valence electrons.